The van der Waals surface area contributed by atoms with E-state index in [1.807, 2.05) is 12.1 Å². The summed E-state index contributed by atoms with van der Waals surface area (Å²) in [7, 11) is 2.19. The molecule has 5 nitrogen and oxygen atoms in total. The van der Waals surface area contributed by atoms with Crippen LogP contribution >= 0.6 is 0 Å². The van der Waals surface area contributed by atoms with E-state index in [2.05, 4.69) is 34.4 Å². The lowest BCUT2D eigenvalue weighted by molar-refractivity contribution is 0.227. The second-order valence-electron chi connectivity index (χ2n) is 5.06. The van der Waals surface area contributed by atoms with Crippen molar-refractivity contribution in [2.45, 2.75) is 38.8 Å². The van der Waals surface area contributed by atoms with Crippen molar-refractivity contribution in [1.82, 2.24) is 20.4 Å². The van der Waals surface area contributed by atoms with Gasteiger partial charge in [0.1, 0.15) is 0 Å². The molecule has 1 aliphatic rings. The van der Waals surface area contributed by atoms with E-state index in [0.717, 1.165) is 31.8 Å². The number of ether oxygens (including phenoxy) is 1. The van der Waals surface area contributed by atoms with Crippen LogP contribution < -0.4 is 10.1 Å². The van der Waals surface area contributed by atoms with Crippen LogP contribution in [0.25, 0.3) is 0 Å². The van der Waals surface area contributed by atoms with Crippen LogP contribution in [-0.4, -0.2) is 47.9 Å². The van der Waals surface area contributed by atoms with Gasteiger partial charge in [0.2, 0.25) is 5.88 Å². The zero-order valence-corrected chi connectivity index (χ0v) is 11.9. The van der Waals surface area contributed by atoms with E-state index in [0.29, 0.717) is 11.9 Å². The zero-order chi connectivity index (χ0) is 13.5. The second kappa shape index (κ2) is 7.40. The lowest BCUT2D eigenvalue weighted by atomic mass is 10.1. The highest BCUT2D eigenvalue weighted by molar-refractivity contribution is 5.11. The van der Waals surface area contributed by atoms with E-state index >= 15 is 0 Å². The fourth-order valence-corrected chi connectivity index (χ4v) is 2.42. The molecule has 0 aliphatic carbocycles. The Kier molecular flexibility index (Phi) is 5.54. The average molecular weight is 264 g/mol. The van der Waals surface area contributed by atoms with Crippen molar-refractivity contribution in [1.29, 1.82) is 0 Å². The standard InChI is InChI=1S/C14H24N4O/c1-3-15-11-12-6-7-14(17-16-12)19-10-8-13-5-4-9-18(13)2/h6-7,13,15H,3-5,8-11H2,1-2H3. The van der Waals surface area contributed by atoms with Gasteiger partial charge in [0.15, 0.2) is 0 Å². The highest BCUT2D eigenvalue weighted by atomic mass is 16.5. The van der Waals surface area contributed by atoms with Crippen LogP contribution in [0.15, 0.2) is 12.1 Å². The maximum absolute atomic E-state index is 5.66. The summed E-state index contributed by atoms with van der Waals surface area (Å²) < 4.78 is 5.66. The smallest absolute Gasteiger partial charge is 0.233 e. The van der Waals surface area contributed by atoms with E-state index in [-0.39, 0.29) is 0 Å². The van der Waals surface area contributed by atoms with Crippen molar-refractivity contribution < 1.29 is 4.74 Å². The summed E-state index contributed by atoms with van der Waals surface area (Å²) in [6.45, 7) is 5.70. The van der Waals surface area contributed by atoms with Gasteiger partial charge in [0, 0.05) is 18.7 Å². The number of likely N-dealkylation sites (tertiary alicyclic amines) is 1. The maximum Gasteiger partial charge on any atom is 0.233 e. The Hall–Kier alpha value is -1.20. The van der Waals surface area contributed by atoms with Gasteiger partial charge in [-0.25, -0.2) is 0 Å². The first kappa shape index (κ1) is 14.2. The molecule has 1 aromatic heterocycles. The fourth-order valence-electron chi connectivity index (χ4n) is 2.42. The number of rotatable bonds is 7. The molecule has 0 saturated carbocycles. The SMILES string of the molecule is CCNCc1ccc(OCCC2CCCN2C)nn1. The monoisotopic (exact) mass is 264 g/mol. The molecular formula is C14H24N4O. The van der Waals surface area contributed by atoms with Crippen molar-refractivity contribution in [2.24, 2.45) is 0 Å². The first-order chi connectivity index (χ1) is 9.29. The number of nitrogens with one attached hydrogen (secondary N) is 1. The van der Waals surface area contributed by atoms with Crippen LogP contribution in [0.5, 0.6) is 5.88 Å². The molecular weight excluding hydrogens is 240 g/mol. The number of aromatic nitrogens is 2. The van der Waals surface area contributed by atoms with E-state index in [4.69, 9.17) is 4.74 Å². The van der Waals surface area contributed by atoms with Crippen LogP contribution in [0.4, 0.5) is 0 Å². The predicted octanol–water partition coefficient (Wildman–Crippen LogP) is 1.45. The number of hydrogen-bond donors (Lipinski definition) is 1. The third kappa shape index (κ3) is 4.44. The molecule has 1 saturated heterocycles. The molecule has 0 aromatic carbocycles. The molecule has 1 N–H and O–H groups in total. The Bertz CT molecular complexity index is 368. The summed E-state index contributed by atoms with van der Waals surface area (Å²) in [6, 6.07) is 4.53. The molecule has 5 heteroatoms. The van der Waals surface area contributed by atoms with Crippen molar-refractivity contribution in [3.8, 4) is 5.88 Å². The maximum atomic E-state index is 5.66. The van der Waals surface area contributed by atoms with Gasteiger partial charge in [-0.3, -0.25) is 0 Å². The first-order valence-electron chi connectivity index (χ1n) is 7.16. The molecule has 2 heterocycles. The second-order valence-corrected chi connectivity index (χ2v) is 5.06. The highest BCUT2D eigenvalue weighted by Gasteiger charge is 2.20. The van der Waals surface area contributed by atoms with Gasteiger partial charge in [0.25, 0.3) is 0 Å². The molecule has 19 heavy (non-hydrogen) atoms. The van der Waals surface area contributed by atoms with E-state index < -0.39 is 0 Å². The number of hydrogen-bond acceptors (Lipinski definition) is 5. The summed E-state index contributed by atoms with van der Waals surface area (Å²) in [5, 5.41) is 11.4. The number of nitrogens with zero attached hydrogens (tertiary/aromatic N) is 3. The predicted molar refractivity (Wildman–Crippen MR) is 75.2 cm³/mol. The van der Waals surface area contributed by atoms with Gasteiger partial charge in [-0.1, -0.05) is 6.92 Å². The Balaban J connectivity index is 1.70. The molecule has 106 valence electrons. The minimum Gasteiger partial charge on any atom is -0.477 e. The highest BCUT2D eigenvalue weighted by Crippen LogP contribution is 2.18. The van der Waals surface area contributed by atoms with E-state index in [1.54, 1.807) is 0 Å². The normalized spacial score (nSPS) is 19.8. The molecule has 1 fully saturated rings. The van der Waals surface area contributed by atoms with E-state index in [1.165, 1.54) is 19.4 Å². The molecule has 1 unspecified atom stereocenters. The van der Waals surface area contributed by atoms with Crippen LogP contribution in [0.3, 0.4) is 0 Å². The molecule has 2 rings (SSSR count). The Morgan fingerprint density at radius 1 is 1.42 bits per heavy atom. The average Bonchev–Trinajstić information content (AvgIpc) is 2.84. The summed E-state index contributed by atoms with van der Waals surface area (Å²) in [6.07, 6.45) is 3.66. The molecule has 0 spiro atoms. The van der Waals surface area contributed by atoms with Crippen LogP contribution in [0.1, 0.15) is 31.9 Å². The fraction of sp³-hybridized carbons (Fsp3) is 0.714. The zero-order valence-electron chi connectivity index (χ0n) is 11.9. The molecule has 1 aromatic rings. The minimum atomic E-state index is 0.626. The summed E-state index contributed by atoms with van der Waals surface area (Å²) in [5.41, 5.74) is 0.949. The molecule has 1 aliphatic heterocycles. The molecule has 0 amide bonds. The van der Waals surface area contributed by atoms with E-state index in [9.17, 15) is 0 Å². The van der Waals surface area contributed by atoms with Gasteiger partial charge in [-0.05, 0) is 45.5 Å². The van der Waals surface area contributed by atoms with Gasteiger partial charge < -0.3 is 15.0 Å². The first-order valence-corrected chi connectivity index (χ1v) is 7.16. The van der Waals surface area contributed by atoms with Crippen molar-refractivity contribution in [3.05, 3.63) is 17.8 Å². The molecule has 1 atom stereocenters. The van der Waals surface area contributed by atoms with Gasteiger partial charge in [0.05, 0.1) is 12.3 Å². The van der Waals surface area contributed by atoms with Gasteiger partial charge in [-0.2, -0.15) is 5.10 Å². The lowest BCUT2D eigenvalue weighted by Crippen LogP contribution is -2.26. The van der Waals surface area contributed by atoms with Crippen molar-refractivity contribution in [3.63, 3.8) is 0 Å². The van der Waals surface area contributed by atoms with Gasteiger partial charge >= 0.3 is 0 Å². The summed E-state index contributed by atoms with van der Waals surface area (Å²) in [4.78, 5) is 2.41. The quantitative estimate of drug-likeness (QED) is 0.808. The van der Waals surface area contributed by atoms with Crippen molar-refractivity contribution in [2.75, 3.05) is 26.7 Å². The van der Waals surface area contributed by atoms with Crippen LogP contribution in [-0.2, 0) is 6.54 Å². The Labute approximate surface area is 115 Å². The summed E-state index contributed by atoms with van der Waals surface area (Å²) >= 11 is 0. The van der Waals surface area contributed by atoms with Crippen LogP contribution in [0.2, 0.25) is 0 Å². The van der Waals surface area contributed by atoms with Crippen LogP contribution in [0, 0.1) is 0 Å². The largest absolute Gasteiger partial charge is 0.477 e. The Morgan fingerprint density at radius 3 is 2.95 bits per heavy atom. The third-order valence-corrected chi connectivity index (χ3v) is 3.62. The Morgan fingerprint density at radius 2 is 2.32 bits per heavy atom. The summed E-state index contributed by atoms with van der Waals surface area (Å²) in [5.74, 6) is 0.626. The van der Waals surface area contributed by atoms with Crippen molar-refractivity contribution >= 4 is 0 Å². The topological polar surface area (TPSA) is 50.3 Å². The minimum absolute atomic E-state index is 0.626. The molecule has 0 bridgehead atoms. The van der Waals surface area contributed by atoms with Gasteiger partial charge in [-0.15, -0.1) is 5.10 Å². The molecule has 0 radical (unpaired) electrons. The lowest BCUT2D eigenvalue weighted by Gasteiger charge is -2.18. The third-order valence-electron chi connectivity index (χ3n) is 3.62.